The van der Waals surface area contributed by atoms with Gasteiger partial charge < -0.3 is 15.4 Å². The van der Waals surface area contributed by atoms with Crippen LogP contribution in [0.2, 0.25) is 0 Å². The van der Waals surface area contributed by atoms with Crippen molar-refractivity contribution in [1.82, 2.24) is 15.1 Å². The molecule has 0 saturated carbocycles. The first kappa shape index (κ1) is 15.2. The molecule has 0 bridgehead atoms. The number of thiophene rings is 1. The maximum atomic E-state index is 12.0. The quantitative estimate of drug-likeness (QED) is 0.783. The summed E-state index contributed by atoms with van der Waals surface area (Å²) in [6.07, 6.45) is 0. The first-order valence-corrected chi connectivity index (χ1v) is 7.16. The van der Waals surface area contributed by atoms with Gasteiger partial charge in [0.1, 0.15) is 5.82 Å². The van der Waals surface area contributed by atoms with Gasteiger partial charge in [0.05, 0.1) is 11.5 Å². The molecule has 0 aliphatic carbocycles. The maximum Gasteiger partial charge on any atom is 0.271 e. The molecule has 2 rings (SSSR count). The Morgan fingerprint density at radius 2 is 2.24 bits per heavy atom. The van der Waals surface area contributed by atoms with E-state index < -0.39 is 0 Å². The van der Waals surface area contributed by atoms with Gasteiger partial charge in [0, 0.05) is 26.8 Å². The summed E-state index contributed by atoms with van der Waals surface area (Å²) in [5.74, 6) is -0.0658. The van der Waals surface area contributed by atoms with Crippen LogP contribution >= 0.6 is 11.3 Å². The topological polar surface area (TPSA) is 85.3 Å². The van der Waals surface area contributed by atoms with Crippen LogP contribution in [0, 0.1) is 0 Å². The number of hydrogen-bond acceptors (Lipinski definition) is 5. The highest BCUT2D eigenvalue weighted by Crippen LogP contribution is 2.14. The average Bonchev–Trinajstić information content (AvgIpc) is 3.09. The van der Waals surface area contributed by atoms with Gasteiger partial charge in [-0.05, 0) is 11.4 Å². The molecule has 112 valence electrons. The molecule has 2 heterocycles. The molecule has 0 radical (unpaired) electrons. The third-order valence-electron chi connectivity index (χ3n) is 2.69. The number of nitrogens with one attached hydrogen (secondary N) is 2. The molecule has 2 amide bonds. The highest BCUT2D eigenvalue weighted by Gasteiger charge is 2.15. The number of rotatable bonds is 6. The van der Waals surface area contributed by atoms with Gasteiger partial charge in [0.15, 0.2) is 5.69 Å². The van der Waals surface area contributed by atoms with Gasteiger partial charge >= 0.3 is 0 Å². The third kappa shape index (κ3) is 3.89. The minimum Gasteiger partial charge on any atom is -0.383 e. The Kier molecular flexibility index (Phi) is 5.07. The van der Waals surface area contributed by atoms with Gasteiger partial charge in [-0.3, -0.25) is 14.3 Å². The zero-order valence-electron chi connectivity index (χ0n) is 11.8. The Bertz CT molecular complexity index is 621. The van der Waals surface area contributed by atoms with E-state index in [-0.39, 0.29) is 17.5 Å². The summed E-state index contributed by atoms with van der Waals surface area (Å²) in [6, 6.07) is 5.07. The lowest BCUT2D eigenvalue weighted by atomic mass is 10.4. The molecule has 2 aromatic heterocycles. The van der Waals surface area contributed by atoms with E-state index in [0.717, 1.165) is 0 Å². The SMILES string of the molecule is COCCNC(=O)c1cc(NC(=O)c2cccs2)n(C)n1. The van der Waals surface area contributed by atoms with Gasteiger partial charge in [0.2, 0.25) is 0 Å². The molecule has 0 unspecified atom stereocenters. The highest BCUT2D eigenvalue weighted by molar-refractivity contribution is 7.12. The van der Waals surface area contributed by atoms with Gasteiger partial charge in [-0.1, -0.05) is 6.07 Å². The van der Waals surface area contributed by atoms with E-state index in [4.69, 9.17) is 4.74 Å². The Morgan fingerprint density at radius 1 is 1.43 bits per heavy atom. The Hall–Kier alpha value is -2.19. The van der Waals surface area contributed by atoms with Crippen LogP contribution in [-0.2, 0) is 11.8 Å². The van der Waals surface area contributed by atoms with Crippen molar-refractivity contribution in [3.8, 4) is 0 Å². The van der Waals surface area contributed by atoms with Crippen LogP contribution in [0.25, 0.3) is 0 Å². The van der Waals surface area contributed by atoms with Crippen molar-refractivity contribution in [3.63, 3.8) is 0 Å². The summed E-state index contributed by atoms with van der Waals surface area (Å²) in [5, 5.41) is 11.3. The first-order chi connectivity index (χ1) is 10.1. The van der Waals surface area contributed by atoms with E-state index in [1.165, 1.54) is 22.1 Å². The second kappa shape index (κ2) is 7.00. The standard InChI is InChI=1S/C13H16N4O3S/c1-17-11(15-13(19)10-4-3-7-21-10)8-9(16-17)12(18)14-5-6-20-2/h3-4,7-8H,5-6H2,1-2H3,(H,14,18)(H,15,19). The number of hydrogen-bond donors (Lipinski definition) is 2. The third-order valence-corrected chi connectivity index (χ3v) is 3.56. The molecule has 2 aromatic rings. The molecule has 0 atom stereocenters. The van der Waals surface area contributed by atoms with Crippen LogP contribution in [-0.4, -0.2) is 41.9 Å². The molecule has 7 nitrogen and oxygen atoms in total. The number of carbonyl (C=O) groups is 2. The lowest BCUT2D eigenvalue weighted by molar-refractivity contribution is 0.0930. The van der Waals surface area contributed by atoms with Crippen molar-refractivity contribution in [2.24, 2.45) is 7.05 Å². The zero-order chi connectivity index (χ0) is 15.2. The number of ether oxygens (including phenoxy) is 1. The van der Waals surface area contributed by atoms with Crippen molar-refractivity contribution < 1.29 is 14.3 Å². The molecule has 0 aliphatic heterocycles. The monoisotopic (exact) mass is 308 g/mol. The maximum absolute atomic E-state index is 12.0. The number of nitrogens with zero attached hydrogens (tertiary/aromatic N) is 2. The van der Waals surface area contributed by atoms with Crippen molar-refractivity contribution in [2.45, 2.75) is 0 Å². The molecule has 8 heteroatoms. The molecule has 0 aliphatic rings. The molecule has 2 N–H and O–H groups in total. The van der Waals surface area contributed by atoms with Gasteiger partial charge in [-0.25, -0.2) is 0 Å². The summed E-state index contributed by atoms with van der Waals surface area (Å²) in [5.41, 5.74) is 0.245. The summed E-state index contributed by atoms with van der Waals surface area (Å²) in [6.45, 7) is 0.837. The highest BCUT2D eigenvalue weighted by atomic mass is 32.1. The first-order valence-electron chi connectivity index (χ1n) is 6.28. The number of methoxy groups -OCH3 is 1. The number of aromatic nitrogens is 2. The molecule has 21 heavy (non-hydrogen) atoms. The van der Waals surface area contributed by atoms with Crippen LogP contribution in [0.1, 0.15) is 20.2 Å². The van der Waals surface area contributed by atoms with Crippen molar-refractivity contribution >= 4 is 29.0 Å². The lowest BCUT2D eigenvalue weighted by Gasteiger charge is -2.02. The number of aryl methyl sites for hydroxylation is 1. The summed E-state index contributed by atoms with van der Waals surface area (Å²) in [4.78, 5) is 24.4. The predicted octanol–water partition coefficient (Wildman–Crippen LogP) is 1.11. The van der Waals surface area contributed by atoms with Gasteiger partial charge in [-0.2, -0.15) is 5.10 Å². The normalized spacial score (nSPS) is 10.4. The minimum absolute atomic E-state index is 0.223. The molecular formula is C13H16N4O3S. The minimum atomic E-state index is -0.306. The molecule has 0 aromatic carbocycles. The van der Waals surface area contributed by atoms with E-state index in [0.29, 0.717) is 23.8 Å². The van der Waals surface area contributed by atoms with Crippen LogP contribution in [0.4, 0.5) is 5.82 Å². The zero-order valence-corrected chi connectivity index (χ0v) is 12.6. The van der Waals surface area contributed by atoms with Crippen LogP contribution in [0.3, 0.4) is 0 Å². The average molecular weight is 308 g/mol. The van der Waals surface area contributed by atoms with E-state index in [1.54, 1.807) is 26.3 Å². The van der Waals surface area contributed by atoms with Gasteiger partial charge in [0.25, 0.3) is 11.8 Å². The molecule has 0 fully saturated rings. The molecular weight excluding hydrogens is 292 g/mol. The van der Waals surface area contributed by atoms with Crippen LogP contribution in [0.15, 0.2) is 23.6 Å². The van der Waals surface area contributed by atoms with Gasteiger partial charge in [-0.15, -0.1) is 11.3 Å². The number of anilines is 1. The fraction of sp³-hybridized carbons (Fsp3) is 0.308. The molecule has 0 saturated heterocycles. The smallest absolute Gasteiger partial charge is 0.271 e. The second-order valence-electron chi connectivity index (χ2n) is 4.22. The molecule has 0 spiro atoms. The van der Waals surface area contributed by atoms with Crippen molar-refractivity contribution in [1.29, 1.82) is 0 Å². The summed E-state index contributed by atoms with van der Waals surface area (Å²) < 4.78 is 6.31. The Labute approximate surface area is 125 Å². The predicted molar refractivity (Wildman–Crippen MR) is 79.7 cm³/mol. The van der Waals surface area contributed by atoms with Crippen LogP contribution < -0.4 is 10.6 Å². The largest absolute Gasteiger partial charge is 0.383 e. The van der Waals surface area contributed by atoms with E-state index in [1.807, 2.05) is 5.38 Å². The lowest BCUT2D eigenvalue weighted by Crippen LogP contribution is -2.27. The summed E-state index contributed by atoms with van der Waals surface area (Å²) in [7, 11) is 3.22. The van der Waals surface area contributed by atoms with Crippen molar-refractivity contribution in [3.05, 3.63) is 34.2 Å². The summed E-state index contributed by atoms with van der Waals surface area (Å²) >= 11 is 1.35. The fourth-order valence-corrected chi connectivity index (χ4v) is 2.26. The fourth-order valence-electron chi connectivity index (χ4n) is 1.64. The van der Waals surface area contributed by atoms with E-state index in [9.17, 15) is 9.59 Å². The number of carbonyl (C=O) groups excluding carboxylic acids is 2. The van der Waals surface area contributed by atoms with Crippen molar-refractivity contribution in [2.75, 3.05) is 25.6 Å². The second-order valence-corrected chi connectivity index (χ2v) is 5.17. The Balaban J connectivity index is 2.02. The van der Waals surface area contributed by atoms with E-state index in [2.05, 4.69) is 15.7 Å². The van der Waals surface area contributed by atoms with E-state index >= 15 is 0 Å². The number of amides is 2. The van der Waals surface area contributed by atoms with Crippen LogP contribution in [0.5, 0.6) is 0 Å². The Morgan fingerprint density at radius 3 is 2.90 bits per heavy atom.